The Kier molecular flexibility index (Phi) is 3.37. The summed E-state index contributed by atoms with van der Waals surface area (Å²) in [5, 5.41) is 13.0. The van der Waals surface area contributed by atoms with Gasteiger partial charge in [0.25, 0.3) is 0 Å². The first-order valence-corrected chi connectivity index (χ1v) is 6.04. The van der Waals surface area contributed by atoms with Crippen LogP contribution in [0, 0.1) is 0 Å². The lowest BCUT2D eigenvalue weighted by atomic mass is 9.88. The molecule has 0 radical (unpaired) electrons. The second-order valence-corrected chi connectivity index (χ2v) is 4.97. The lowest BCUT2D eigenvalue weighted by Gasteiger charge is -2.31. The molecule has 5 heteroatoms. The summed E-state index contributed by atoms with van der Waals surface area (Å²) in [6.45, 7) is 1.84. The highest BCUT2D eigenvalue weighted by Crippen LogP contribution is 2.35. The molecule has 0 saturated heterocycles. The summed E-state index contributed by atoms with van der Waals surface area (Å²) in [7, 11) is 0. The van der Waals surface area contributed by atoms with Crippen LogP contribution in [-0.2, 0) is 10.3 Å². The molecule has 1 unspecified atom stereocenters. The zero-order valence-electron chi connectivity index (χ0n) is 9.58. The van der Waals surface area contributed by atoms with E-state index in [1.165, 1.54) is 6.08 Å². The van der Waals surface area contributed by atoms with Crippen molar-refractivity contribution in [1.82, 2.24) is 5.32 Å². The molecule has 0 saturated carbocycles. The van der Waals surface area contributed by atoms with Crippen LogP contribution in [0.4, 0.5) is 0 Å². The Morgan fingerprint density at radius 3 is 2.78 bits per heavy atom. The van der Waals surface area contributed by atoms with Crippen molar-refractivity contribution < 1.29 is 9.90 Å². The van der Waals surface area contributed by atoms with Crippen molar-refractivity contribution in [1.29, 1.82) is 0 Å². The molecule has 0 bridgehead atoms. The van der Waals surface area contributed by atoms with Crippen molar-refractivity contribution in [3.63, 3.8) is 0 Å². The third-order valence-electron chi connectivity index (χ3n) is 2.85. The van der Waals surface area contributed by atoms with Crippen molar-refractivity contribution >= 4 is 29.2 Å². The highest BCUT2D eigenvalue weighted by atomic mass is 35.5. The standard InChI is InChI=1S/C13H11Cl2NO2/c1-13(7-8(12(17)18)5-6-16-13)9-3-2-4-10(14)11(9)15/h2-7,16H,1H3,(H,17,18). The van der Waals surface area contributed by atoms with E-state index in [9.17, 15) is 4.79 Å². The summed E-state index contributed by atoms with van der Waals surface area (Å²) in [5.74, 6) is -0.975. The van der Waals surface area contributed by atoms with Crippen molar-refractivity contribution in [3.8, 4) is 0 Å². The highest BCUT2D eigenvalue weighted by molar-refractivity contribution is 6.42. The Hall–Kier alpha value is -1.45. The minimum Gasteiger partial charge on any atom is -0.478 e. The molecule has 3 nitrogen and oxygen atoms in total. The summed E-state index contributed by atoms with van der Waals surface area (Å²) in [5.41, 5.74) is 0.261. The van der Waals surface area contributed by atoms with Crippen LogP contribution in [0.3, 0.4) is 0 Å². The molecule has 94 valence electrons. The summed E-state index contributed by atoms with van der Waals surface area (Å²) in [4.78, 5) is 11.0. The molecule has 1 aliphatic rings. The van der Waals surface area contributed by atoms with E-state index in [0.29, 0.717) is 10.0 Å². The van der Waals surface area contributed by atoms with Crippen LogP contribution < -0.4 is 5.32 Å². The molecular weight excluding hydrogens is 273 g/mol. The van der Waals surface area contributed by atoms with E-state index in [1.54, 1.807) is 24.4 Å². The van der Waals surface area contributed by atoms with E-state index in [-0.39, 0.29) is 5.57 Å². The summed E-state index contributed by atoms with van der Waals surface area (Å²) in [6, 6.07) is 5.29. The van der Waals surface area contributed by atoms with Crippen LogP contribution in [0.2, 0.25) is 10.0 Å². The molecule has 1 atom stereocenters. The molecule has 18 heavy (non-hydrogen) atoms. The van der Waals surface area contributed by atoms with Crippen LogP contribution in [0.5, 0.6) is 0 Å². The minimum absolute atomic E-state index is 0.215. The smallest absolute Gasteiger partial charge is 0.335 e. The van der Waals surface area contributed by atoms with E-state index < -0.39 is 11.5 Å². The van der Waals surface area contributed by atoms with Gasteiger partial charge in [-0.15, -0.1) is 0 Å². The first-order chi connectivity index (χ1) is 8.44. The van der Waals surface area contributed by atoms with E-state index in [4.69, 9.17) is 28.3 Å². The van der Waals surface area contributed by atoms with Crippen molar-refractivity contribution in [2.75, 3.05) is 0 Å². The molecule has 0 fully saturated rings. The molecule has 0 amide bonds. The van der Waals surface area contributed by atoms with Crippen LogP contribution in [0.25, 0.3) is 0 Å². The number of benzene rings is 1. The van der Waals surface area contributed by atoms with Crippen LogP contribution in [-0.4, -0.2) is 11.1 Å². The van der Waals surface area contributed by atoms with Gasteiger partial charge in [0.1, 0.15) is 0 Å². The molecule has 0 aromatic heterocycles. The molecule has 1 aromatic rings. The van der Waals surface area contributed by atoms with Gasteiger partial charge >= 0.3 is 5.97 Å². The van der Waals surface area contributed by atoms with Gasteiger partial charge in [-0.05, 0) is 31.3 Å². The Bertz CT molecular complexity index is 566. The number of halogens is 2. The van der Waals surface area contributed by atoms with E-state index in [0.717, 1.165) is 5.56 Å². The van der Waals surface area contributed by atoms with Gasteiger partial charge in [-0.25, -0.2) is 4.79 Å². The number of rotatable bonds is 2. The van der Waals surface area contributed by atoms with Crippen LogP contribution in [0.1, 0.15) is 12.5 Å². The summed E-state index contributed by atoms with van der Waals surface area (Å²) >= 11 is 12.1. The second kappa shape index (κ2) is 4.67. The Balaban J connectivity index is 2.53. The van der Waals surface area contributed by atoms with Gasteiger partial charge in [0.15, 0.2) is 0 Å². The summed E-state index contributed by atoms with van der Waals surface area (Å²) < 4.78 is 0. The molecule has 2 rings (SSSR count). The normalized spacial score (nSPS) is 22.3. The molecule has 2 N–H and O–H groups in total. The average molecular weight is 284 g/mol. The van der Waals surface area contributed by atoms with Crippen LogP contribution in [0.15, 0.2) is 42.1 Å². The fourth-order valence-electron chi connectivity index (χ4n) is 1.90. The number of aliphatic carboxylic acids is 1. The zero-order chi connectivity index (χ0) is 13.3. The number of carboxylic acid groups (broad SMARTS) is 1. The van der Waals surface area contributed by atoms with E-state index in [2.05, 4.69) is 5.32 Å². The van der Waals surface area contributed by atoms with Crippen LogP contribution >= 0.6 is 23.2 Å². The Morgan fingerprint density at radius 1 is 1.39 bits per heavy atom. The van der Waals surface area contributed by atoms with Crippen molar-refractivity contribution in [2.45, 2.75) is 12.5 Å². The second-order valence-electron chi connectivity index (χ2n) is 4.19. The van der Waals surface area contributed by atoms with E-state index >= 15 is 0 Å². The fraction of sp³-hybridized carbons (Fsp3) is 0.154. The average Bonchev–Trinajstić information content (AvgIpc) is 2.32. The van der Waals surface area contributed by atoms with Gasteiger partial charge in [-0.3, -0.25) is 0 Å². The first-order valence-electron chi connectivity index (χ1n) is 5.29. The molecule has 0 aliphatic carbocycles. The predicted molar refractivity (Wildman–Crippen MR) is 71.8 cm³/mol. The molecular formula is C13H11Cl2NO2. The minimum atomic E-state index is -0.975. The highest BCUT2D eigenvalue weighted by Gasteiger charge is 2.29. The number of carboxylic acids is 1. The monoisotopic (exact) mass is 283 g/mol. The van der Waals surface area contributed by atoms with Gasteiger partial charge in [-0.1, -0.05) is 35.3 Å². The number of dihydropyridines is 1. The quantitative estimate of drug-likeness (QED) is 0.875. The molecule has 1 aliphatic heterocycles. The SMILES string of the molecule is CC1(c2cccc(Cl)c2Cl)C=C(C(=O)O)C=CN1. The van der Waals surface area contributed by atoms with Gasteiger partial charge in [0.05, 0.1) is 21.2 Å². The Labute approximate surface area is 115 Å². The largest absolute Gasteiger partial charge is 0.478 e. The van der Waals surface area contributed by atoms with Gasteiger partial charge < -0.3 is 10.4 Å². The number of hydrogen-bond donors (Lipinski definition) is 2. The van der Waals surface area contributed by atoms with Gasteiger partial charge in [0, 0.05) is 5.56 Å². The zero-order valence-corrected chi connectivity index (χ0v) is 11.1. The van der Waals surface area contributed by atoms with Gasteiger partial charge in [-0.2, -0.15) is 0 Å². The third-order valence-corrected chi connectivity index (χ3v) is 3.67. The number of carbonyl (C=O) groups is 1. The maximum absolute atomic E-state index is 11.0. The fourth-order valence-corrected chi connectivity index (χ4v) is 2.40. The molecule has 0 spiro atoms. The predicted octanol–water partition coefficient (Wildman–Crippen LogP) is 3.34. The third kappa shape index (κ3) is 2.24. The number of hydrogen-bond acceptors (Lipinski definition) is 2. The van der Waals surface area contributed by atoms with Crippen molar-refractivity contribution in [2.24, 2.45) is 0 Å². The Morgan fingerprint density at radius 2 is 2.11 bits per heavy atom. The molecule has 1 heterocycles. The van der Waals surface area contributed by atoms with Gasteiger partial charge in [0.2, 0.25) is 0 Å². The first kappa shape index (κ1) is 13.0. The lowest BCUT2D eigenvalue weighted by Crippen LogP contribution is -2.37. The maximum Gasteiger partial charge on any atom is 0.335 e. The lowest BCUT2D eigenvalue weighted by molar-refractivity contribution is -0.132. The maximum atomic E-state index is 11.0. The topological polar surface area (TPSA) is 49.3 Å². The van der Waals surface area contributed by atoms with Crippen molar-refractivity contribution in [3.05, 3.63) is 57.7 Å². The summed E-state index contributed by atoms with van der Waals surface area (Å²) in [6.07, 6.45) is 4.72. The number of nitrogens with one attached hydrogen (secondary N) is 1. The molecule has 1 aromatic carbocycles. The van der Waals surface area contributed by atoms with E-state index in [1.807, 2.05) is 13.0 Å².